The van der Waals surface area contributed by atoms with Crippen LogP contribution in [0, 0.1) is 11.8 Å². The van der Waals surface area contributed by atoms with Gasteiger partial charge in [0.05, 0.1) is 15.8 Å². The first kappa shape index (κ1) is 20.4. The number of aromatic nitrogens is 2. The topological polar surface area (TPSA) is 81.4 Å². The third-order valence-electron chi connectivity index (χ3n) is 4.21. The molecule has 0 aliphatic rings. The first-order valence-corrected chi connectivity index (χ1v) is 10.1. The summed E-state index contributed by atoms with van der Waals surface area (Å²) in [7, 11) is -0.796. The van der Waals surface area contributed by atoms with Gasteiger partial charge in [0.2, 0.25) is 10.0 Å². The van der Waals surface area contributed by atoms with E-state index in [2.05, 4.69) is 0 Å². The predicted molar refractivity (Wildman–Crippen MR) is 103 cm³/mol. The lowest BCUT2D eigenvalue weighted by Gasteiger charge is -2.25. The molecule has 1 aromatic heterocycles. The van der Waals surface area contributed by atoms with Crippen molar-refractivity contribution in [1.82, 2.24) is 13.4 Å². The number of benzene rings is 1. The molecule has 0 amide bonds. The lowest BCUT2D eigenvalue weighted by Crippen LogP contribution is -2.38. The molecule has 0 spiro atoms. The van der Waals surface area contributed by atoms with Crippen LogP contribution in [0.25, 0.3) is 10.9 Å². The Kier molecular flexibility index (Phi) is 5.77. The van der Waals surface area contributed by atoms with E-state index < -0.39 is 21.3 Å². The second-order valence-electron chi connectivity index (χ2n) is 7.49. The molecule has 0 aliphatic heterocycles. The van der Waals surface area contributed by atoms with Gasteiger partial charge in [-0.2, -0.15) is 4.31 Å². The third-order valence-corrected chi connectivity index (χ3v) is 6.04. The number of hydrogen-bond acceptors (Lipinski definition) is 4. The summed E-state index contributed by atoms with van der Waals surface area (Å²) in [5.41, 5.74) is -0.532. The molecular weight excluding hydrogens is 354 g/mol. The Morgan fingerprint density at radius 2 is 1.50 bits per heavy atom. The molecule has 7 nitrogen and oxygen atoms in total. The zero-order valence-electron chi connectivity index (χ0n) is 16.2. The van der Waals surface area contributed by atoms with E-state index in [1.165, 1.54) is 34.1 Å². The highest BCUT2D eigenvalue weighted by Gasteiger charge is 2.26. The number of nitrogens with zero attached hydrogens (tertiary/aromatic N) is 3. The minimum atomic E-state index is -3.74. The van der Waals surface area contributed by atoms with Crippen molar-refractivity contribution in [3.63, 3.8) is 0 Å². The van der Waals surface area contributed by atoms with Crippen molar-refractivity contribution >= 4 is 20.9 Å². The number of sulfonamides is 1. The molecule has 0 saturated carbocycles. The maximum absolute atomic E-state index is 13.1. The highest BCUT2D eigenvalue weighted by Crippen LogP contribution is 2.21. The van der Waals surface area contributed by atoms with Gasteiger partial charge in [-0.3, -0.25) is 13.9 Å². The number of fused-ring (bicyclic) bond motifs is 1. The summed E-state index contributed by atoms with van der Waals surface area (Å²) in [5, 5.41) is 0.213. The molecule has 0 radical (unpaired) electrons. The summed E-state index contributed by atoms with van der Waals surface area (Å²) < 4.78 is 30.1. The monoisotopic (exact) mass is 381 g/mol. The Morgan fingerprint density at radius 3 is 2.00 bits per heavy atom. The zero-order valence-corrected chi connectivity index (χ0v) is 17.0. The summed E-state index contributed by atoms with van der Waals surface area (Å²) in [5.74, 6) is 0.357. The van der Waals surface area contributed by atoms with Gasteiger partial charge in [0.25, 0.3) is 5.56 Å². The molecule has 8 heteroatoms. The van der Waals surface area contributed by atoms with Crippen LogP contribution in [0.2, 0.25) is 0 Å². The molecule has 2 aromatic rings. The van der Waals surface area contributed by atoms with Gasteiger partial charge < -0.3 is 0 Å². The summed E-state index contributed by atoms with van der Waals surface area (Å²) >= 11 is 0. The largest absolute Gasteiger partial charge is 0.330 e. The Hall–Kier alpha value is -1.93. The van der Waals surface area contributed by atoms with E-state index in [0.29, 0.717) is 18.6 Å². The van der Waals surface area contributed by atoms with Crippen LogP contribution in [0.4, 0.5) is 0 Å². The third kappa shape index (κ3) is 3.76. The zero-order chi connectivity index (χ0) is 19.8. The van der Waals surface area contributed by atoms with Crippen LogP contribution in [0.1, 0.15) is 27.7 Å². The number of aryl methyl sites for hydroxylation is 1. The van der Waals surface area contributed by atoms with E-state index >= 15 is 0 Å². The van der Waals surface area contributed by atoms with Gasteiger partial charge in [0, 0.05) is 27.2 Å². The van der Waals surface area contributed by atoms with Gasteiger partial charge in [0.1, 0.15) is 0 Å². The molecular formula is C18H27N3O4S. The van der Waals surface area contributed by atoms with Gasteiger partial charge in [0.15, 0.2) is 0 Å². The smallest absolute Gasteiger partial charge is 0.296 e. The van der Waals surface area contributed by atoms with E-state index in [1.54, 1.807) is 7.05 Å². The molecule has 0 saturated heterocycles. The lowest BCUT2D eigenvalue weighted by atomic mass is 10.2. The molecule has 1 aromatic carbocycles. The van der Waals surface area contributed by atoms with Crippen molar-refractivity contribution in [2.75, 3.05) is 13.1 Å². The van der Waals surface area contributed by atoms with Crippen molar-refractivity contribution in [2.45, 2.75) is 32.6 Å². The van der Waals surface area contributed by atoms with Crippen molar-refractivity contribution in [1.29, 1.82) is 0 Å². The Morgan fingerprint density at radius 1 is 0.962 bits per heavy atom. The summed E-state index contributed by atoms with van der Waals surface area (Å²) in [6, 6.07) is 4.36. The van der Waals surface area contributed by atoms with Gasteiger partial charge in [-0.25, -0.2) is 13.2 Å². The van der Waals surface area contributed by atoms with E-state index in [1.807, 2.05) is 27.7 Å². The van der Waals surface area contributed by atoms with Crippen LogP contribution in [0.5, 0.6) is 0 Å². The molecule has 0 aliphatic carbocycles. The van der Waals surface area contributed by atoms with Crippen molar-refractivity contribution in [2.24, 2.45) is 25.9 Å². The van der Waals surface area contributed by atoms with E-state index in [4.69, 9.17) is 0 Å². The molecule has 26 heavy (non-hydrogen) atoms. The minimum absolute atomic E-state index is 0.0713. The number of rotatable bonds is 6. The van der Waals surface area contributed by atoms with Crippen LogP contribution in [-0.2, 0) is 24.1 Å². The normalized spacial score (nSPS) is 12.7. The van der Waals surface area contributed by atoms with Crippen LogP contribution in [0.3, 0.4) is 0 Å². The highest BCUT2D eigenvalue weighted by molar-refractivity contribution is 7.89. The summed E-state index contributed by atoms with van der Waals surface area (Å²) in [6.07, 6.45) is 0. The van der Waals surface area contributed by atoms with E-state index in [-0.39, 0.29) is 22.1 Å². The van der Waals surface area contributed by atoms with Gasteiger partial charge in [-0.15, -0.1) is 0 Å². The molecule has 0 unspecified atom stereocenters. The van der Waals surface area contributed by atoms with Crippen molar-refractivity contribution in [3.8, 4) is 0 Å². The fourth-order valence-corrected chi connectivity index (χ4v) is 4.76. The molecule has 144 valence electrons. The predicted octanol–water partition coefficient (Wildman–Crippen LogP) is 1.54. The van der Waals surface area contributed by atoms with E-state index in [9.17, 15) is 18.0 Å². The highest BCUT2D eigenvalue weighted by atomic mass is 32.2. The first-order valence-electron chi connectivity index (χ1n) is 8.66. The Balaban J connectivity index is 2.68. The van der Waals surface area contributed by atoms with Gasteiger partial charge in [-0.1, -0.05) is 27.7 Å². The van der Waals surface area contributed by atoms with Crippen LogP contribution >= 0.6 is 0 Å². The molecule has 0 atom stereocenters. The standard InChI is InChI=1S/C18H27N3O4S/c1-12(2)10-21(11-13(3)4)26(24,25)14-7-8-16-15(9-14)17(22)20(6)18(23)19(16)5/h7-9,12-13H,10-11H2,1-6H3. The second kappa shape index (κ2) is 7.36. The van der Waals surface area contributed by atoms with Gasteiger partial charge in [-0.05, 0) is 30.0 Å². The molecule has 0 bridgehead atoms. The van der Waals surface area contributed by atoms with Crippen LogP contribution < -0.4 is 11.2 Å². The van der Waals surface area contributed by atoms with Gasteiger partial charge >= 0.3 is 5.69 Å². The minimum Gasteiger partial charge on any atom is -0.296 e. The quantitative estimate of drug-likeness (QED) is 0.760. The maximum atomic E-state index is 13.1. The van der Waals surface area contributed by atoms with Crippen molar-refractivity contribution in [3.05, 3.63) is 39.0 Å². The number of hydrogen-bond donors (Lipinski definition) is 0. The lowest BCUT2D eigenvalue weighted by molar-refractivity contribution is 0.333. The van der Waals surface area contributed by atoms with Crippen molar-refractivity contribution < 1.29 is 8.42 Å². The molecule has 0 fully saturated rings. The maximum Gasteiger partial charge on any atom is 0.330 e. The molecule has 2 rings (SSSR count). The summed E-state index contributed by atoms with van der Waals surface area (Å²) in [6.45, 7) is 8.68. The van der Waals surface area contributed by atoms with Crippen LogP contribution in [0.15, 0.2) is 32.7 Å². The summed E-state index contributed by atoms with van der Waals surface area (Å²) in [4.78, 5) is 24.6. The average Bonchev–Trinajstić information content (AvgIpc) is 2.56. The Bertz CT molecular complexity index is 1020. The van der Waals surface area contributed by atoms with Crippen LogP contribution in [-0.4, -0.2) is 34.9 Å². The van der Waals surface area contributed by atoms with E-state index in [0.717, 1.165) is 4.57 Å². The average molecular weight is 381 g/mol. The Labute approximate surface area is 153 Å². The fourth-order valence-electron chi connectivity index (χ4n) is 2.97. The fraction of sp³-hybridized carbons (Fsp3) is 0.556. The molecule has 0 N–H and O–H groups in total. The second-order valence-corrected chi connectivity index (χ2v) is 9.43. The SMILES string of the molecule is CC(C)CN(CC(C)C)S(=O)(=O)c1ccc2c(c1)c(=O)n(C)c(=O)n2C. The first-order chi connectivity index (χ1) is 12.0. The molecule has 1 heterocycles.